The molecule has 5 heterocycles. The third-order valence-electron chi connectivity index (χ3n) is 7.79. The Morgan fingerprint density at radius 2 is 2.06 bits per heavy atom. The highest BCUT2D eigenvalue weighted by molar-refractivity contribution is 7.81. The number of hydrogen-bond donors (Lipinski definition) is 1. The molecule has 1 N–H and O–H groups in total. The van der Waals surface area contributed by atoms with E-state index in [4.69, 9.17) is 0 Å². The van der Waals surface area contributed by atoms with Crippen LogP contribution in [-0.4, -0.2) is 61.2 Å². The van der Waals surface area contributed by atoms with Crippen LogP contribution in [0, 0.1) is 11.8 Å². The molecule has 0 aliphatic carbocycles. The van der Waals surface area contributed by atoms with Gasteiger partial charge in [-0.15, -0.1) is 11.3 Å². The second-order valence-corrected chi connectivity index (χ2v) is 12.7. The highest BCUT2D eigenvalue weighted by atomic mass is 32.2. The summed E-state index contributed by atoms with van der Waals surface area (Å²) in [6.45, 7) is 8.04. The van der Waals surface area contributed by atoms with Gasteiger partial charge < -0.3 is 10.2 Å². The van der Waals surface area contributed by atoms with Crippen LogP contribution in [-0.2, 0) is 22.7 Å². The number of thiophene rings is 1. The summed E-state index contributed by atoms with van der Waals surface area (Å²) in [6.07, 6.45) is 0.0461. The molecule has 0 bridgehead atoms. The summed E-state index contributed by atoms with van der Waals surface area (Å²) in [6, 6.07) is 1.53. The number of alkyl halides is 3. The minimum absolute atomic E-state index is 0.0544. The maximum absolute atomic E-state index is 14.0. The predicted octanol–water partition coefficient (Wildman–Crippen LogP) is 4.74. The van der Waals surface area contributed by atoms with E-state index in [0.29, 0.717) is 42.4 Å². The Labute approximate surface area is 215 Å². The van der Waals surface area contributed by atoms with Crippen LogP contribution in [0.5, 0.6) is 0 Å². The van der Waals surface area contributed by atoms with E-state index in [-0.39, 0.29) is 29.5 Å². The zero-order valence-electron chi connectivity index (χ0n) is 20.7. The van der Waals surface area contributed by atoms with Crippen molar-refractivity contribution in [3.63, 3.8) is 0 Å². The minimum Gasteiger partial charge on any atom is -0.351 e. The number of anilines is 1. The fourth-order valence-electron chi connectivity index (χ4n) is 5.95. The Hall–Kier alpha value is -2.05. The van der Waals surface area contributed by atoms with Crippen molar-refractivity contribution in [1.82, 2.24) is 19.2 Å². The zero-order valence-corrected chi connectivity index (χ0v) is 22.3. The van der Waals surface area contributed by atoms with Crippen molar-refractivity contribution in [2.24, 2.45) is 11.8 Å². The van der Waals surface area contributed by atoms with Crippen LogP contribution in [0.2, 0.25) is 0 Å². The van der Waals surface area contributed by atoms with Crippen molar-refractivity contribution < 1.29 is 22.2 Å². The molecule has 0 spiro atoms. The Balaban J connectivity index is 1.50. The molecule has 0 radical (unpaired) electrons. The van der Waals surface area contributed by atoms with Crippen LogP contribution in [0.4, 0.5) is 19.1 Å². The minimum atomic E-state index is -4.63. The first-order chi connectivity index (χ1) is 16.9. The van der Waals surface area contributed by atoms with E-state index >= 15 is 0 Å². The normalized spacial score (nSPS) is 29.4. The maximum Gasteiger partial charge on any atom is 0.420 e. The van der Waals surface area contributed by atoms with Gasteiger partial charge >= 0.3 is 6.18 Å². The van der Waals surface area contributed by atoms with E-state index in [9.17, 15) is 22.2 Å². The fourth-order valence-corrected chi connectivity index (χ4v) is 8.19. The molecule has 3 aliphatic rings. The Bertz CT molecular complexity index is 1220. The number of piperidine rings is 1. The molecule has 5 rings (SSSR count). The lowest BCUT2D eigenvalue weighted by Crippen LogP contribution is -2.45. The van der Waals surface area contributed by atoms with Crippen LogP contribution >= 0.6 is 11.3 Å². The summed E-state index contributed by atoms with van der Waals surface area (Å²) in [5, 5.41) is 3.21. The lowest BCUT2D eigenvalue weighted by Gasteiger charge is -2.35. The van der Waals surface area contributed by atoms with Gasteiger partial charge in [-0.25, -0.2) is 18.5 Å². The molecule has 3 aliphatic heterocycles. The monoisotopic (exact) mass is 541 g/mol. The molecule has 0 saturated carbocycles. The van der Waals surface area contributed by atoms with Gasteiger partial charge in [0.1, 0.15) is 5.56 Å². The molecule has 196 valence electrons. The van der Waals surface area contributed by atoms with E-state index in [1.165, 1.54) is 11.3 Å². The molecule has 12 heteroatoms. The van der Waals surface area contributed by atoms with Gasteiger partial charge in [0.15, 0.2) is 0 Å². The van der Waals surface area contributed by atoms with Crippen molar-refractivity contribution in [1.29, 1.82) is 0 Å². The Kier molecular flexibility index (Phi) is 6.44. The van der Waals surface area contributed by atoms with Gasteiger partial charge in [-0.2, -0.15) is 13.2 Å². The molecule has 3 unspecified atom stereocenters. The number of amides is 1. The molecule has 7 nitrogen and oxygen atoms in total. The van der Waals surface area contributed by atoms with E-state index in [0.717, 1.165) is 23.9 Å². The molecule has 5 atom stereocenters. The topological polar surface area (TPSA) is 78.4 Å². The standard InChI is InChI=1S/C24H30F3N5O2S2/c1-5-23-9-13(2)11-32(23)21(33)15-8-18(35-20(15)23)19-16(24(25,26)27)10-28-22(30-19)29-17-6-7-31(36(4)34)12-14(17)3/h8,10,13-14,17H,5-7,9,11-12H2,1-4H3,(H,28,29,30)/t13?,14-,17+,23?,36?/m1/s1. The fraction of sp³-hybridized carbons (Fsp3) is 0.625. The van der Waals surface area contributed by atoms with E-state index in [1.807, 2.05) is 23.1 Å². The summed E-state index contributed by atoms with van der Waals surface area (Å²) in [7, 11) is -1.06. The highest BCUT2D eigenvalue weighted by Gasteiger charge is 2.55. The average Bonchev–Trinajstić information content (AvgIpc) is 3.45. The van der Waals surface area contributed by atoms with Gasteiger partial charge in [0.05, 0.1) is 32.7 Å². The summed E-state index contributed by atoms with van der Waals surface area (Å²) in [4.78, 5) is 24.6. The third-order valence-corrected chi connectivity index (χ3v) is 10.2. The third kappa shape index (κ3) is 4.14. The number of carbonyl (C=O) groups excluding carboxylic acids is 1. The summed E-state index contributed by atoms with van der Waals surface area (Å²) < 4.78 is 55.7. The Morgan fingerprint density at radius 1 is 1.31 bits per heavy atom. The SMILES string of the molecule is CCC12CC(C)CN1C(=O)c1cc(-c3nc(N[C@H]4CCN(S(C)=O)C[C@H]4C)ncc3C(F)(F)F)sc12. The second kappa shape index (κ2) is 9.05. The summed E-state index contributed by atoms with van der Waals surface area (Å²) in [5.74, 6) is 0.474. The zero-order chi connectivity index (χ0) is 26.0. The van der Waals surface area contributed by atoms with Gasteiger partial charge in [0.2, 0.25) is 5.95 Å². The molecular formula is C24H30F3N5O2S2. The first kappa shape index (κ1) is 25.6. The van der Waals surface area contributed by atoms with Crippen molar-refractivity contribution in [3.05, 3.63) is 28.3 Å². The average molecular weight is 542 g/mol. The number of aromatic nitrogens is 2. The lowest BCUT2D eigenvalue weighted by molar-refractivity contribution is -0.137. The molecule has 1 amide bonds. The smallest absolute Gasteiger partial charge is 0.351 e. The first-order valence-electron chi connectivity index (χ1n) is 12.2. The highest BCUT2D eigenvalue weighted by Crippen LogP contribution is 2.55. The number of nitrogens with one attached hydrogen (secondary N) is 1. The first-order valence-corrected chi connectivity index (χ1v) is 14.5. The van der Waals surface area contributed by atoms with Crippen LogP contribution in [0.25, 0.3) is 10.6 Å². The number of fused-ring (bicyclic) bond motifs is 3. The van der Waals surface area contributed by atoms with Gasteiger partial charge in [-0.3, -0.25) is 4.79 Å². The van der Waals surface area contributed by atoms with E-state index in [1.54, 1.807) is 12.3 Å². The van der Waals surface area contributed by atoms with Crippen LogP contribution in [0.3, 0.4) is 0 Å². The second-order valence-electron chi connectivity index (χ2n) is 10.2. The largest absolute Gasteiger partial charge is 0.420 e. The lowest BCUT2D eigenvalue weighted by atomic mass is 9.89. The number of hydrogen-bond acceptors (Lipinski definition) is 6. The molecule has 2 aromatic rings. The van der Waals surface area contributed by atoms with E-state index in [2.05, 4.69) is 22.2 Å². The van der Waals surface area contributed by atoms with Crippen molar-refractivity contribution in [2.75, 3.05) is 31.2 Å². The molecule has 0 aromatic carbocycles. The van der Waals surface area contributed by atoms with E-state index < -0.39 is 28.3 Å². The molecule has 2 aromatic heterocycles. The predicted molar refractivity (Wildman–Crippen MR) is 134 cm³/mol. The van der Waals surface area contributed by atoms with Gasteiger partial charge in [0, 0.05) is 43.0 Å². The molecule has 36 heavy (non-hydrogen) atoms. The van der Waals surface area contributed by atoms with Crippen LogP contribution in [0.1, 0.15) is 60.8 Å². The number of halogens is 3. The molecular weight excluding hydrogens is 511 g/mol. The van der Waals surface area contributed by atoms with Gasteiger partial charge in [0.25, 0.3) is 5.91 Å². The van der Waals surface area contributed by atoms with Crippen molar-refractivity contribution in [3.8, 4) is 10.6 Å². The number of nitrogens with zero attached hydrogens (tertiary/aromatic N) is 4. The molecule has 2 fully saturated rings. The van der Waals surface area contributed by atoms with Gasteiger partial charge in [-0.1, -0.05) is 20.8 Å². The Morgan fingerprint density at radius 3 is 2.69 bits per heavy atom. The van der Waals surface area contributed by atoms with Crippen LogP contribution in [0.15, 0.2) is 12.3 Å². The quantitative estimate of drug-likeness (QED) is 0.592. The summed E-state index contributed by atoms with van der Waals surface area (Å²) in [5.41, 5.74) is -1.05. The summed E-state index contributed by atoms with van der Waals surface area (Å²) >= 11 is 1.25. The van der Waals surface area contributed by atoms with Crippen LogP contribution < -0.4 is 5.32 Å². The number of rotatable bonds is 5. The maximum atomic E-state index is 14.0. The van der Waals surface area contributed by atoms with Crippen molar-refractivity contribution in [2.45, 2.75) is 57.8 Å². The van der Waals surface area contributed by atoms with Crippen molar-refractivity contribution >= 4 is 34.2 Å². The molecule has 2 saturated heterocycles. The van der Waals surface area contributed by atoms with Gasteiger partial charge in [-0.05, 0) is 37.2 Å². The number of carbonyl (C=O) groups is 1.